The minimum absolute atomic E-state index is 0.237. The Kier molecular flexibility index (Phi) is 7.73. The molecule has 0 radical (unpaired) electrons. The number of benzene rings is 3. The van der Waals surface area contributed by atoms with Crippen LogP contribution in [0.15, 0.2) is 60.3 Å². The molecule has 2 amide bonds. The number of aromatic nitrogens is 1. The van der Waals surface area contributed by atoms with Gasteiger partial charge in [0.25, 0.3) is 11.8 Å². The Balaban J connectivity index is 1.55. The fraction of sp³-hybridized carbons (Fsp3) is 0.200. The number of aliphatic carboxylic acids is 1. The lowest BCUT2D eigenvalue weighted by molar-refractivity contribution is -0.132. The molecule has 0 aliphatic heterocycles. The average Bonchev–Trinajstić information content (AvgIpc) is 3.18. The van der Waals surface area contributed by atoms with E-state index in [9.17, 15) is 19.5 Å². The number of hydrogen-bond acceptors (Lipinski definition) is 5. The summed E-state index contributed by atoms with van der Waals surface area (Å²) >= 11 is 1.35. The number of rotatable bonds is 7. The van der Waals surface area contributed by atoms with Crippen LogP contribution in [-0.2, 0) is 4.79 Å². The molecular weight excluding hydrogens is 498 g/mol. The van der Waals surface area contributed by atoms with Crippen molar-refractivity contribution in [3.05, 3.63) is 104 Å². The number of carbonyl (C=O) groups is 3. The summed E-state index contributed by atoms with van der Waals surface area (Å²) in [6.45, 7) is 9.02. The molecule has 1 heterocycles. The molecule has 1 atom stereocenters. The fourth-order valence-electron chi connectivity index (χ4n) is 4.59. The Morgan fingerprint density at radius 1 is 0.947 bits per heavy atom. The van der Waals surface area contributed by atoms with Gasteiger partial charge in [0, 0.05) is 11.1 Å². The minimum atomic E-state index is -1.25. The van der Waals surface area contributed by atoms with Gasteiger partial charge in [-0.15, -0.1) is 11.3 Å². The smallest absolute Gasteiger partial charge is 0.352 e. The summed E-state index contributed by atoms with van der Waals surface area (Å²) in [4.78, 5) is 43.1. The van der Waals surface area contributed by atoms with Crippen molar-refractivity contribution in [1.82, 2.24) is 15.6 Å². The average molecular weight is 528 g/mol. The third-order valence-corrected chi connectivity index (χ3v) is 7.37. The highest BCUT2D eigenvalue weighted by atomic mass is 32.1. The molecule has 4 aromatic rings. The van der Waals surface area contributed by atoms with Crippen LogP contribution in [0.3, 0.4) is 0 Å². The summed E-state index contributed by atoms with van der Waals surface area (Å²) < 4.78 is 0. The predicted octanol–water partition coefficient (Wildman–Crippen LogP) is 5.88. The van der Waals surface area contributed by atoms with Crippen LogP contribution < -0.4 is 10.6 Å². The zero-order valence-electron chi connectivity index (χ0n) is 21.9. The van der Waals surface area contributed by atoms with E-state index in [1.165, 1.54) is 17.4 Å². The van der Waals surface area contributed by atoms with E-state index in [0.29, 0.717) is 32.8 Å². The molecule has 38 heavy (non-hydrogen) atoms. The van der Waals surface area contributed by atoms with Gasteiger partial charge in [-0.1, -0.05) is 42.5 Å². The van der Waals surface area contributed by atoms with E-state index in [1.54, 1.807) is 32.9 Å². The van der Waals surface area contributed by atoms with E-state index in [0.717, 1.165) is 21.3 Å². The highest BCUT2D eigenvalue weighted by Crippen LogP contribution is 2.25. The first-order valence-corrected chi connectivity index (χ1v) is 13.0. The first-order chi connectivity index (χ1) is 18.0. The van der Waals surface area contributed by atoms with Crippen LogP contribution in [-0.4, -0.2) is 27.9 Å². The number of thiazole rings is 1. The number of carbonyl (C=O) groups excluding carboxylic acids is 2. The molecule has 0 saturated heterocycles. The van der Waals surface area contributed by atoms with Crippen molar-refractivity contribution in [3.8, 4) is 0 Å². The van der Waals surface area contributed by atoms with Gasteiger partial charge >= 0.3 is 5.97 Å². The molecule has 7 nitrogen and oxygen atoms in total. The Labute approximate surface area is 225 Å². The van der Waals surface area contributed by atoms with Crippen molar-refractivity contribution >= 4 is 46.0 Å². The van der Waals surface area contributed by atoms with E-state index in [-0.39, 0.29) is 17.6 Å². The standard InChI is InChI=1S/C30H29N3O4S/c1-16-13-22(28(34)32-18(3)23-12-8-10-21-9-6-7-11-24(21)23)14-17(2)27(16)29(35)33-25(30(36)37)15-26-19(4)31-20(5)38-26/h6-15,18H,1-5H3,(H,32,34)(H,33,35)(H,36,37)/t18-/m1/s1. The maximum atomic E-state index is 13.2. The summed E-state index contributed by atoms with van der Waals surface area (Å²) in [5, 5.41) is 18.2. The maximum Gasteiger partial charge on any atom is 0.352 e. The van der Waals surface area contributed by atoms with Crippen LogP contribution in [0.2, 0.25) is 0 Å². The number of amides is 2. The van der Waals surface area contributed by atoms with Crippen molar-refractivity contribution in [1.29, 1.82) is 0 Å². The molecule has 0 aliphatic carbocycles. The lowest BCUT2D eigenvalue weighted by Crippen LogP contribution is -2.29. The highest BCUT2D eigenvalue weighted by Gasteiger charge is 2.21. The number of hydrogen-bond donors (Lipinski definition) is 3. The molecule has 194 valence electrons. The van der Waals surface area contributed by atoms with E-state index in [4.69, 9.17) is 0 Å². The van der Waals surface area contributed by atoms with Gasteiger partial charge in [-0.3, -0.25) is 9.59 Å². The summed E-state index contributed by atoms with van der Waals surface area (Å²) in [5.74, 6) is -2.06. The van der Waals surface area contributed by atoms with Crippen LogP contribution in [0.5, 0.6) is 0 Å². The minimum Gasteiger partial charge on any atom is -0.477 e. The van der Waals surface area contributed by atoms with Gasteiger partial charge in [-0.25, -0.2) is 9.78 Å². The van der Waals surface area contributed by atoms with Crippen LogP contribution in [0.4, 0.5) is 0 Å². The van der Waals surface area contributed by atoms with Crippen molar-refractivity contribution in [2.75, 3.05) is 0 Å². The number of carboxylic acid groups (broad SMARTS) is 1. The first kappa shape index (κ1) is 26.8. The molecule has 4 rings (SSSR count). The highest BCUT2D eigenvalue weighted by molar-refractivity contribution is 7.12. The molecule has 0 unspecified atom stereocenters. The van der Waals surface area contributed by atoms with Crippen LogP contribution in [0, 0.1) is 27.7 Å². The zero-order chi connectivity index (χ0) is 27.6. The van der Waals surface area contributed by atoms with Crippen molar-refractivity contribution in [2.45, 2.75) is 40.7 Å². The Morgan fingerprint density at radius 2 is 1.61 bits per heavy atom. The van der Waals surface area contributed by atoms with Crippen LogP contribution in [0.25, 0.3) is 16.8 Å². The van der Waals surface area contributed by atoms with Gasteiger partial charge in [-0.05, 0) is 80.3 Å². The van der Waals surface area contributed by atoms with Gasteiger partial charge in [0.05, 0.1) is 21.6 Å². The van der Waals surface area contributed by atoms with Gasteiger partial charge in [0.2, 0.25) is 0 Å². The topological polar surface area (TPSA) is 108 Å². The monoisotopic (exact) mass is 527 g/mol. The molecule has 0 spiro atoms. The second-order valence-corrected chi connectivity index (χ2v) is 10.5. The van der Waals surface area contributed by atoms with E-state index < -0.39 is 11.9 Å². The molecule has 0 fully saturated rings. The molecule has 3 N–H and O–H groups in total. The zero-order valence-corrected chi connectivity index (χ0v) is 22.7. The second-order valence-electron chi connectivity index (χ2n) is 9.25. The maximum absolute atomic E-state index is 13.2. The van der Waals surface area contributed by atoms with Gasteiger partial charge in [-0.2, -0.15) is 0 Å². The number of fused-ring (bicyclic) bond motifs is 1. The molecule has 8 heteroatoms. The van der Waals surface area contributed by atoms with Gasteiger partial charge in [0.15, 0.2) is 0 Å². The van der Waals surface area contributed by atoms with E-state index in [2.05, 4.69) is 15.6 Å². The van der Waals surface area contributed by atoms with E-state index >= 15 is 0 Å². The normalized spacial score (nSPS) is 12.3. The molecule has 0 bridgehead atoms. The number of carboxylic acids is 1. The van der Waals surface area contributed by atoms with Crippen molar-refractivity contribution in [2.24, 2.45) is 0 Å². The van der Waals surface area contributed by atoms with Crippen molar-refractivity contribution < 1.29 is 19.5 Å². The lowest BCUT2D eigenvalue weighted by atomic mass is 9.97. The number of nitrogens with one attached hydrogen (secondary N) is 2. The molecule has 1 aromatic heterocycles. The third kappa shape index (κ3) is 5.65. The van der Waals surface area contributed by atoms with Gasteiger partial charge < -0.3 is 15.7 Å². The Hall–Kier alpha value is -4.30. The first-order valence-electron chi connectivity index (χ1n) is 12.1. The summed E-state index contributed by atoms with van der Waals surface area (Å²) in [6, 6.07) is 17.1. The molecule has 0 saturated carbocycles. The van der Waals surface area contributed by atoms with E-state index in [1.807, 2.05) is 56.3 Å². The summed E-state index contributed by atoms with van der Waals surface area (Å²) in [5.41, 5.74) is 3.36. The van der Waals surface area contributed by atoms with Crippen LogP contribution >= 0.6 is 11.3 Å². The summed E-state index contributed by atoms with van der Waals surface area (Å²) in [6.07, 6.45) is 1.42. The molecule has 3 aromatic carbocycles. The quantitative estimate of drug-likeness (QED) is 0.260. The number of aryl methyl sites for hydroxylation is 4. The molecule has 0 aliphatic rings. The Morgan fingerprint density at radius 3 is 2.24 bits per heavy atom. The fourth-order valence-corrected chi connectivity index (χ4v) is 5.46. The van der Waals surface area contributed by atoms with Crippen LogP contribution in [0.1, 0.15) is 66.0 Å². The lowest BCUT2D eigenvalue weighted by Gasteiger charge is -2.18. The SMILES string of the molecule is Cc1nc(C)c(C=C(NC(=O)c2c(C)cc(C(=O)N[C@H](C)c3cccc4ccccc34)cc2C)C(=O)O)s1. The predicted molar refractivity (Wildman–Crippen MR) is 150 cm³/mol. The number of nitrogens with zero attached hydrogens (tertiary/aromatic N) is 1. The largest absolute Gasteiger partial charge is 0.477 e. The third-order valence-electron chi connectivity index (χ3n) is 6.35. The van der Waals surface area contributed by atoms with Crippen molar-refractivity contribution in [3.63, 3.8) is 0 Å². The second kappa shape index (κ2) is 11.0. The van der Waals surface area contributed by atoms with Gasteiger partial charge in [0.1, 0.15) is 5.70 Å². The summed E-state index contributed by atoms with van der Waals surface area (Å²) in [7, 11) is 0. The Bertz CT molecular complexity index is 1570. The molecular formula is C30H29N3O4S.